The third-order valence-electron chi connectivity index (χ3n) is 2.78. The maximum Gasteiger partial charge on any atom is 0.230 e. The minimum absolute atomic E-state index is 0.163. The summed E-state index contributed by atoms with van der Waals surface area (Å²) in [5.74, 6) is 0.368. The molecular formula is C14H15Cl2N3O. The van der Waals surface area contributed by atoms with E-state index in [-0.39, 0.29) is 12.3 Å². The monoisotopic (exact) mass is 311 g/mol. The zero-order chi connectivity index (χ0) is 14.5. The lowest BCUT2D eigenvalue weighted by Gasteiger charge is -2.04. The van der Waals surface area contributed by atoms with E-state index in [0.717, 1.165) is 24.1 Å². The lowest BCUT2D eigenvalue weighted by atomic mass is 10.1. The normalized spacial score (nSPS) is 10.6. The molecule has 1 amide bonds. The lowest BCUT2D eigenvalue weighted by molar-refractivity contribution is -0.115. The van der Waals surface area contributed by atoms with Crippen molar-refractivity contribution in [1.29, 1.82) is 0 Å². The molecule has 20 heavy (non-hydrogen) atoms. The van der Waals surface area contributed by atoms with Crippen molar-refractivity contribution in [3.8, 4) is 0 Å². The molecule has 0 aliphatic heterocycles. The number of aromatic amines is 1. The molecule has 0 aliphatic carbocycles. The first-order valence-corrected chi connectivity index (χ1v) is 7.12. The van der Waals surface area contributed by atoms with Gasteiger partial charge in [0.2, 0.25) is 5.91 Å². The first-order valence-electron chi connectivity index (χ1n) is 6.36. The molecule has 2 aromatic rings. The van der Waals surface area contributed by atoms with Gasteiger partial charge >= 0.3 is 0 Å². The van der Waals surface area contributed by atoms with E-state index in [4.69, 9.17) is 23.2 Å². The van der Waals surface area contributed by atoms with E-state index in [1.54, 1.807) is 18.2 Å². The van der Waals surface area contributed by atoms with Gasteiger partial charge in [-0.25, -0.2) is 0 Å². The number of aryl methyl sites for hydroxylation is 1. The first kappa shape index (κ1) is 14.9. The smallest absolute Gasteiger partial charge is 0.230 e. The topological polar surface area (TPSA) is 57.8 Å². The molecule has 1 aromatic heterocycles. The van der Waals surface area contributed by atoms with Crippen LogP contribution in [0.2, 0.25) is 10.0 Å². The predicted octanol–water partition coefficient (Wildman–Crippen LogP) is 3.85. The zero-order valence-electron chi connectivity index (χ0n) is 11.0. The van der Waals surface area contributed by atoms with Crippen LogP contribution in [-0.4, -0.2) is 16.1 Å². The van der Waals surface area contributed by atoms with Crippen molar-refractivity contribution in [2.45, 2.75) is 26.2 Å². The molecule has 0 atom stereocenters. The summed E-state index contributed by atoms with van der Waals surface area (Å²) in [6.07, 6.45) is 2.12. The SMILES string of the molecule is CCCc1cc(NC(=O)Cc2ccc(Cl)cc2Cl)n[nH]1. The van der Waals surface area contributed by atoms with Crippen LogP contribution >= 0.6 is 23.2 Å². The standard InChI is InChI=1S/C14H15Cl2N3O/c1-2-3-11-8-13(19-18-11)17-14(20)6-9-4-5-10(15)7-12(9)16/h4-5,7-8H,2-3,6H2,1H3,(H2,17,18,19,20). The molecule has 0 spiro atoms. The van der Waals surface area contributed by atoms with E-state index in [2.05, 4.69) is 22.4 Å². The molecule has 0 radical (unpaired) electrons. The van der Waals surface area contributed by atoms with Crippen LogP contribution < -0.4 is 5.32 Å². The molecule has 2 rings (SSSR count). The van der Waals surface area contributed by atoms with E-state index in [9.17, 15) is 4.79 Å². The first-order chi connectivity index (χ1) is 9.58. The number of H-pyrrole nitrogens is 1. The Bertz CT molecular complexity index is 610. The zero-order valence-corrected chi connectivity index (χ0v) is 12.6. The molecule has 0 saturated carbocycles. The maximum atomic E-state index is 11.9. The highest BCUT2D eigenvalue weighted by Gasteiger charge is 2.09. The number of carbonyl (C=O) groups is 1. The average Bonchev–Trinajstić information content (AvgIpc) is 2.81. The highest BCUT2D eigenvalue weighted by atomic mass is 35.5. The van der Waals surface area contributed by atoms with Gasteiger partial charge in [-0.3, -0.25) is 9.89 Å². The Balaban J connectivity index is 1.97. The third kappa shape index (κ3) is 3.99. The van der Waals surface area contributed by atoms with E-state index in [1.807, 2.05) is 6.07 Å². The van der Waals surface area contributed by atoms with Gasteiger partial charge in [-0.05, 0) is 24.1 Å². The Morgan fingerprint density at radius 1 is 1.35 bits per heavy atom. The number of nitrogens with zero attached hydrogens (tertiary/aromatic N) is 1. The summed E-state index contributed by atoms with van der Waals surface area (Å²) < 4.78 is 0. The van der Waals surface area contributed by atoms with Crippen molar-refractivity contribution >= 4 is 34.9 Å². The second-order valence-corrected chi connectivity index (χ2v) is 5.33. The van der Waals surface area contributed by atoms with Gasteiger partial charge in [0.05, 0.1) is 6.42 Å². The van der Waals surface area contributed by atoms with Crippen molar-refractivity contribution in [3.05, 3.63) is 45.6 Å². The molecule has 0 saturated heterocycles. The van der Waals surface area contributed by atoms with Crippen LogP contribution in [0, 0.1) is 0 Å². The fraction of sp³-hybridized carbons (Fsp3) is 0.286. The summed E-state index contributed by atoms with van der Waals surface area (Å²) in [6.45, 7) is 2.08. The van der Waals surface area contributed by atoms with Crippen LogP contribution in [0.3, 0.4) is 0 Å². The minimum Gasteiger partial charge on any atom is -0.309 e. The van der Waals surface area contributed by atoms with Crippen LogP contribution in [0.1, 0.15) is 24.6 Å². The van der Waals surface area contributed by atoms with Gasteiger partial charge in [0, 0.05) is 21.8 Å². The van der Waals surface area contributed by atoms with Crippen LogP contribution in [0.5, 0.6) is 0 Å². The molecule has 4 nitrogen and oxygen atoms in total. The quantitative estimate of drug-likeness (QED) is 0.881. The fourth-order valence-electron chi connectivity index (χ4n) is 1.85. The van der Waals surface area contributed by atoms with Crippen molar-refractivity contribution < 1.29 is 4.79 Å². The molecular weight excluding hydrogens is 297 g/mol. The number of benzene rings is 1. The number of anilines is 1. The number of nitrogens with one attached hydrogen (secondary N) is 2. The molecule has 2 N–H and O–H groups in total. The molecule has 1 aromatic carbocycles. The molecule has 0 unspecified atom stereocenters. The molecule has 6 heteroatoms. The van der Waals surface area contributed by atoms with Gasteiger partial charge in [0.25, 0.3) is 0 Å². The Hall–Kier alpha value is -1.52. The Morgan fingerprint density at radius 3 is 2.85 bits per heavy atom. The molecule has 0 bridgehead atoms. The summed E-state index contributed by atoms with van der Waals surface area (Å²) in [5.41, 5.74) is 1.74. The van der Waals surface area contributed by atoms with Crippen LogP contribution in [0.4, 0.5) is 5.82 Å². The van der Waals surface area contributed by atoms with Crippen LogP contribution in [-0.2, 0) is 17.6 Å². The minimum atomic E-state index is -0.163. The van der Waals surface area contributed by atoms with Crippen LogP contribution in [0.15, 0.2) is 24.3 Å². The highest BCUT2D eigenvalue weighted by molar-refractivity contribution is 6.35. The maximum absolute atomic E-state index is 11.9. The van der Waals surface area contributed by atoms with Gasteiger partial charge in [0.15, 0.2) is 5.82 Å². The lowest BCUT2D eigenvalue weighted by Crippen LogP contribution is -2.14. The summed E-state index contributed by atoms with van der Waals surface area (Å²) in [4.78, 5) is 11.9. The average molecular weight is 312 g/mol. The summed E-state index contributed by atoms with van der Waals surface area (Å²) in [5, 5.41) is 10.7. The number of rotatable bonds is 5. The molecule has 0 aliphatic rings. The van der Waals surface area contributed by atoms with Gasteiger partial charge in [-0.2, -0.15) is 5.10 Å². The van der Waals surface area contributed by atoms with Crippen molar-refractivity contribution in [3.63, 3.8) is 0 Å². The van der Waals surface area contributed by atoms with E-state index >= 15 is 0 Å². The van der Waals surface area contributed by atoms with Gasteiger partial charge in [0.1, 0.15) is 0 Å². The number of carbonyl (C=O) groups excluding carboxylic acids is 1. The largest absolute Gasteiger partial charge is 0.309 e. The van der Waals surface area contributed by atoms with E-state index in [0.29, 0.717) is 15.9 Å². The fourth-order valence-corrected chi connectivity index (χ4v) is 2.32. The molecule has 0 fully saturated rings. The number of amides is 1. The number of hydrogen-bond acceptors (Lipinski definition) is 2. The summed E-state index contributed by atoms with van der Waals surface area (Å²) in [6, 6.07) is 6.92. The summed E-state index contributed by atoms with van der Waals surface area (Å²) in [7, 11) is 0. The van der Waals surface area contributed by atoms with Crippen molar-refractivity contribution in [2.24, 2.45) is 0 Å². The Kier molecular flexibility index (Phi) is 5.04. The Morgan fingerprint density at radius 2 is 2.15 bits per heavy atom. The number of halogens is 2. The Labute approximate surface area is 127 Å². The van der Waals surface area contributed by atoms with Gasteiger partial charge in [-0.1, -0.05) is 42.6 Å². The molecule has 106 valence electrons. The second-order valence-electron chi connectivity index (χ2n) is 4.49. The second kappa shape index (κ2) is 6.77. The number of hydrogen-bond donors (Lipinski definition) is 2. The number of aromatic nitrogens is 2. The van der Waals surface area contributed by atoms with E-state index in [1.165, 1.54) is 0 Å². The van der Waals surface area contributed by atoms with Gasteiger partial charge < -0.3 is 5.32 Å². The van der Waals surface area contributed by atoms with Crippen molar-refractivity contribution in [1.82, 2.24) is 10.2 Å². The van der Waals surface area contributed by atoms with E-state index < -0.39 is 0 Å². The van der Waals surface area contributed by atoms with Gasteiger partial charge in [-0.15, -0.1) is 0 Å². The predicted molar refractivity (Wildman–Crippen MR) is 81.4 cm³/mol. The van der Waals surface area contributed by atoms with Crippen LogP contribution in [0.25, 0.3) is 0 Å². The molecule has 1 heterocycles. The highest BCUT2D eigenvalue weighted by Crippen LogP contribution is 2.21. The third-order valence-corrected chi connectivity index (χ3v) is 3.37. The van der Waals surface area contributed by atoms with Crippen molar-refractivity contribution in [2.75, 3.05) is 5.32 Å². The summed E-state index contributed by atoms with van der Waals surface area (Å²) >= 11 is 11.9.